The Labute approximate surface area is 165 Å². The van der Waals surface area contributed by atoms with Gasteiger partial charge in [0.1, 0.15) is 6.61 Å². The predicted octanol–water partition coefficient (Wildman–Crippen LogP) is 5.12. The summed E-state index contributed by atoms with van der Waals surface area (Å²) in [5, 5.41) is 0. The molecule has 0 aromatic heterocycles. The standard InChI is InChI=1S/C23H38O4/c1-16-9-11-23(4)19(15-26-17(2)24)7-6-8-20(23)22(16,3)12-10-18-13-21(25-5)27-14-18/h7,16,18,20-21H,6,8-15H2,1-5H3/t16-,18-,20-,21-,22+,23+/m1/s1. The Morgan fingerprint density at radius 2 is 2.11 bits per heavy atom. The van der Waals surface area contributed by atoms with E-state index in [0.717, 1.165) is 25.4 Å². The fourth-order valence-corrected chi connectivity index (χ4v) is 6.14. The van der Waals surface area contributed by atoms with Crippen molar-refractivity contribution < 1.29 is 19.0 Å². The zero-order valence-corrected chi connectivity index (χ0v) is 17.9. The van der Waals surface area contributed by atoms with Crippen molar-refractivity contribution >= 4 is 5.97 Å². The van der Waals surface area contributed by atoms with Gasteiger partial charge in [0.05, 0.1) is 6.61 Å². The van der Waals surface area contributed by atoms with Crippen molar-refractivity contribution in [2.24, 2.45) is 28.6 Å². The minimum Gasteiger partial charge on any atom is -0.461 e. The Morgan fingerprint density at radius 1 is 1.33 bits per heavy atom. The maximum atomic E-state index is 11.4. The van der Waals surface area contributed by atoms with Crippen molar-refractivity contribution in [2.45, 2.75) is 78.9 Å². The lowest BCUT2D eigenvalue weighted by Gasteiger charge is -2.58. The van der Waals surface area contributed by atoms with Crippen LogP contribution in [0.1, 0.15) is 72.6 Å². The molecule has 1 heterocycles. The number of carbonyl (C=O) groups is 1. The van der Waals surface area contributed by atoms with Gasteiger partial charge in [0, 0.05) is 20.5 Å². The van der Waals surface area contributed by atoms with Gasteiger partial charge < -0.3 is 14.2 Å². The highest BCUT2D eigenvalue weighted by Crippen LogP contribution is 2.62. The molecular weight excluding hydrogens is 340 g/mol. The fraction of sp³-hybridized carbons (Fsp3) is 0.870. The molecule has 4 nitrogen and oxygen atoms in total. The summed E-state index contributed by atoms with van der Waals surface area (Å²) in [6, 6.07) is 0. The lowest BCUT2D eigenvalue weighted by molar-refractivity contribution is -0.141. The van der Waals surface area contributed by atoms with Gasteiger partial charge in [-0.3, -0.25) is 4.79 Å². The van der Waals surface area contributed by atoms with E-state index in [1.807, 2.05) is 0 Å². The highest BCUT2D eigenvalue weighted by Gasteiger charge is 2.54. The number of carbonyl (C=O) groups excluding carboxylic acids is 1. The molecule has 0 N–H and O–H groups in total. The summed E-state index contributed by atoms with van der Waals surface area (Å²) in [5.74, 6) is 1.82. The highest BCUT2D eigenvalue weighted by molar-refractivity contribution is 5.66. The molecule has 2 fully saturated rings. The Morgan fingerprint density at radius 3 is 2.78 bits per heavy atom. The number of methoxy groups -OCH3 is 1. The first-order valence-electron chi connectivity index (χ1n) is 10.8. The summed E-state index contributed by atoms with van der Waals surface area (Å²) in [4.78, 5) is 11.4. The zero-order chi connectivity index (χ0) is 19.7. The number of hydrogen-bond acceptors (Lipinski definition) is 4. The Balaban J connectivity index is 1.72. The van der Waals surface area contributed by atoms with Crippen molar-refractivity contribution in [1.29, 1.82) is 0 Å². The number of allylic oxidation sites excluding steroid dienone is 1. The van der Waals surface area contributed by atoms with E-state index in [-0.39, 0.29) is 17.7 Å². The maximum Gasteiger partial charge on any atom is 0.302 e. The first-order chi connectivity index (χ1) is 12.8. The molecule has 4 heteroatoms. The van der Waals surface area contributed by atoms with E-state index in [4.69, 9.17) is 14.2 Å². The molecule has 27 heavy (non-hydrogen) atoms. The fourth-order valence-electron chi connectivity index (χ4n) is 6.14. The average Bonchev–Trinajstić information content (AvgIpc) is 3.10. The second-order valence-corrected chi connectivity index (χ2v) is 9.64. The van der Waals surface area contributed by atoms with Crippen molar-refractivity contribution in [3.05, 3.63) is 11.6 Å². The van der Waals surface area contributed by atoms with Crippen LogP contribution < -0.4 is 0 Å². The molecule has 3 aliphatic rings. The number of hydrogen-bond donors (Lipinski definition) is 0. The predicted molar refractivity (Wildman–Crippen MR) is 106 cm³/mol. The highest BCUT2D eigenvalue weighted by atomic mass is 16.7. The van der Waals surface area contributed by atoms with E-state index < -0.39 is 0 Å². The van der Waals surface area contributed by atoms with Crippen molar-refractivity contribution in [3.63, 3.8) is 0 Å². The van der Waals surface area contributed by atoms with Gasteiger partial charge in [0.15, 0.2) is 6.29 Å². The average molecular weight is 379 g/mol. The number of ether oxygens (including phenoxy) is 3. The SMILES string of the molecule is CO[C@H]1C[C@@H](CC[C@@]2(C)[C@H](C)CC[C@@]3(C)C(COC(C)=O)=CCC[C@H]23)CO1. The van der Waals surface area contributed by atoms with Gasteiger partial charge >= 0.3 is 5.97 Å². The molecule has 0 aromatic rings. The second kappa shape index (κ2) is 8.24. The van der Waals surface area contributed by atoms with Crippen molar-refractivity contribution in [1.82, 2.24) is 0 Å². The summed E-state index contributed by atoms with van der Waals surface area (Å²) in [5.41, 5.74) is 1.85. The molecule has 0 bridgehead atoms. The van der Waals surface area contributed by atoms with Crippen LogP contribution in [0, 0.1) is 28.6 Å². The molecule has 2 aliphatic carbocycles. The summed E-state index contributed by atoms with van der Waals surface area (Å²) in [7, 11) is 1.74. The van der Waals surface area contributed by atoms with Gasteiger partial charge in [-0.1, -0.05) is 26.8 Å². The molecule has 0 aromatic carbocycles. The van der Waals surface area contributed by atoms with Crippen LogP contribution >= 0.6 is 0 Å². The topological polar surface area (TPSA) is 44.8 Å². The number of fused-ring (bicyclic) bond motifs is 1. The second-order valence-electron chi connectivity index (χ2n) is 9.64. The minimum absolute atomic E-state index is 0.00945. The minimum atomic E-state index is -0.178. The van der Waals surface area contributed by atoms with Gasteiger partial charge in [-0.15, -0.1) is 0 Å². The molecule has 0 amide bonds. The summed E-state index contributed by atoms with van der Waals surface area (Å²) >= 11 is 0. The Bertz CT molecular complexity index is 571. The van der Waals surface area contributed by atoms with E-state index in [1.54, 1.807) is 7.11 Å². The third-order valence-corrected chi connectivity index (χ3v) is 8.20. The van der Waals surface area contributed by atoms with E-state index >= 15 is 0 Å². The van der Waals surface area contributed by atoms with E-state index in [9.17, 15) is 4.79 Å². The normalized spacial score (nSPS) is 41.7. The molecule has 6 atom stereocenters. The largest absolute Gasteiger partial charge is 0.461 e. The number of esters is 1. The molecule has 1 aliphatic heterocycles. The monoisotopic (exact) mass is 378 g/mol. The van der Waals surface area contributed by atoms with Crippen LogP contribution in [0.3, 0.4) is 0 Å². The summed E-state index contributed by atoms with van der Waals surface area (Å²) in [6.45, 7) is 10.2. The van der Waals surface area contributed by atoms with Crippen LogP contribution in [0.25, 0.3) is 0 Å². The molecule has 1 saturated heterocycles. The third kappa shape index (κ3) is 4.12. The smallest absolute Gasteiger partial charge is 0.302 e. The third-order valence-electron chi connectivity index (χ3n) is 8.20. The van der Waals surface area contributed by atoms with Gasteiger partial charge in [-0.25, -0.2) is 0 Å². The Kier molecular flexibility index (Phi) is 6.37. The molecule has 3 rings (SSSR count). The van der Waals surface area contributed by atoms with E-state index in [2.05, 4.69) is 26.8 Å². The summed E-state index contributed by atoms with van der Waals surface area (Å²) < 4.78 is 16.5. The van der Waals surface area contributed by atoms with Crippen LogP contribution in [0.15, 0.2) is 11.6 Å². The quantitative estimate of drug-likeness (QED) is 0.475. The van der Waals surface area contributed by atoms with Gasteiger partial charge in [0.2, 0.25) is 0 Å². The molecule has 0 unspecified atom stereocenters. The first-order valence-corrected chi connectivity index (χ1v) is 10.8. The van der Waals surface area contributed by atoms with Crippen LogP contribution in [0.5, 0.6) is 0 Å². The van der Waals surface area contributed by atoms with E-state index in [1.165, 1.54) is 44.6 Å². The van der Waals surface area contributed by atoms with Crippen LogP contribution in [0.2, 0.25) is 0 Å². The zero-order valence-electron chi connectivity index (χ0n) is 17.9. The molecule has 0 spiro atoms. The molecule has 0 radical (unpaired) electrons. The van der Waals surface area contributed by atoms with Gasteiger partial charge in [0.25, 0.3) is 0 Å². The molecule has 154 valence electrons. The lowest BCUT2D eigenvalue weighted by Crippen LogP contribution is -2.50. The van der Waals surface area contributed by atoms with E-state index in [0.29, 0.717) is 23.9 Å². The lowest BCUT2D eigenvalue weighted by atomic mass is 9.46. The molecular formula is C23H38O4. The first kappa shape index (κ1) is 20.9. The van der Waals surface area contributed by atoms with Crippen LogP contribution in [-0.2, 0) is 19.0 Å². The Hall–Kier alpha value is -0.870. The number of rotatable bonds is 6. The molecule has 1 saturated carbocycles. The maximum absolute atomic E-state index is 11.4. The van der Waals surface area contributed by atoms with Crippen LogP contribution in [-0.4, -0.2) is 32.6 Å². The summed E-state index contributed by atoms with van der Waals surface area (Å²) in [6.07, 6.45) is 10.7. The van der Waals surface area contributed by atoms with Crippen LogP contribution in [0.4, 0.5) is 0 Å². The van der Waals surface area contributed by atoms with Gasteiger partial charge in [-0.05, 0) is 72.7 Å². The van der Waals surface area contributed by atoms with Crippen molar-refractivity contribution in [3.8, 4) is 0 Å². The van der Waals surface area contributed by atoms with Gasteiger partial charge in [-0.2, -0.15) is 0 Å². The van der Waals surface area contributed by atoms with Crippen molar-refractivity contribution in [2.75, 3.05) is 20.3 Å².